The fraction of sp³-hybridized carbons (Fsp3) is 0.333. The summed E-state index contributed by atoms with van der Waals surface area (Å²) in [6, 6.07) is 0. The Morgan fingerprint density at radius 1 is 1.50 bits per heavy atom. The van der Waals surface area contributed by atoms with Crippen molar-refractivity contribution in [2.45, 2.75) is 20.0 Å². The van der Waals surface area contributed by atoms with Crippen molar-refractivity contribution in [2.24, 2.45) is 0 Å². The van der Waals surface area contributed by atoms with Crippen LogP contribution >= 0.6 is 0 Å². The highest BCUT2D eigenvalue weighted by atomic mass is 16.3. The quantitative estimate of drug-likeness (QED) is 0.673. The van der Waals surface area contributed by atoms with Crippen LogP contribution in [0.25, 0.3) is 0 Å². The third-order valence-corrected chi connectivity index (χ3v) is 1.38. The molecule has 1 aromatic heterocycles. The lowest BCUT2D eigenvalue weighted by atomic mass is 10.2. The molecule has 3 nitrogen and oxygen atoms in total. The summed E-state index contributed by atoms with van der Waals surface area (Å²) >= 11 is 0. The van der Waals surface area contributed by atoms with E-state index in [1.807, 2.05) is 13.8 Å². The monoisotopic (exact) mass is 164 g/mol. The van der Waals surface area contributed by atoms with Crippen LogP contribution in [0.5, 0.6) is 0 Å². The highest BCUT2D eigenvalue weighted by Crippen LogP contribution is 2.10. The Morgan fingerprint density at radius 3 is 2.75 bits per heavy atom. The topological polar surface area (TPSA) is 46.0 Å². The molecular weight excluding hydrogens is 152 g/mol. The molecule has 1 aromatic rings. The molecule has 64 valence electrons. The van der Waals surface area contributed by atoms with Crippen molar-refractivity contribution < 1.29 is 5.11 Å². The van der Waals surface area contributed by atoms with Gasteiger partial charge in [-0.15, -0.1) is 0 Å². The first-order valence-corrected chi connectivity index (χ1v) is 3.79. The Hall–Kier alpha value is -1.22. The van der Waals surface area contributed by atoms with Gasteiger partial charge >= 0.3 is 0 Å². The van der Waals surface area contributed by atoms with Crippen molar-refractivity contribution in [1.29, 1.82) is 0 Å². The van der Waals surface area contributed by atoms with Crippen molar-refractivity contribution >= 4 is 0 Å². The van der Waals surface area contributed by atoms with Crippen LogP contribution in [0.4, 0.5) is 0 Å². The van der Waals surface area contributed by atoms with Crippen LogP contribution in [0.3, 0.4) is 0 Å². The van der Waals surface area contributed by atoms with E-state index in [2.05, 4.69) is 9.97 Å². The molecule has 0 aliphatic heterocycles. The maximum atomic E-state index is 9.51. The predicted octanol–water partition coefficient (Wildman–Crippen LogP) is 1.48. The Morgan fingerprint density at radius 2 is 2.25 bits per heavy atom. The van der Waals surface area contributed by atoms with Gasteiger partial charge in [-0.25, -0.2) is 0 Å². The Balaban J connectivity index is 2.79. The molecule has 0 spiro atoms. The first kappa shape index (κ1) is 8.87. The summed E-state index contributed by atoms with van der Waals surface area (Å²) < 4.78 is 0. The molecule has 1 unspecified atom stereocenters. The van der Waals surface area contributed by atoms with Gasteiger partial charge in [0.05, 0.1) is 11.9 Å². The molecule has 3 heteroatoms. The van der Waals surface area contributed by atoms with E-state index in [9.17, 15) is 5.11 Å². The van der Waals surface area contributed by atoms with Gasteiger partial charge in [-0.3, -0.25) is 9.97 Å². The lowest BCUT2D eigenvalue weighted by molar-refractivity contribution is 0.222. The SMILES string of the molecule is CC(C)=CC(O)c1cnccn1. The first-order chi connectivity index (χ1) is 5.70. The minimum absolute atomic E-state index is 0.582. The van der Waals surface area contributed by atoms with Crippen LogP contribution in [0.2, 0.25) is 0 Å². The van der Waals surface area contributed by atoms with Crippen molar-refractivity contribution in [3.63, 3.8) is 0 Å². The lowest BCUT2D eigenvalue weighted by Gasteiger charge is -2.03. The minimum Gasteiger partial charge on any atom is -0.383 e. The summed E-state index contributed by atoms with van der Waals surface area (Å²) in [5.74, 6) is 0. The van der Waals surface area contributed by atoms with Crippen LogP contribution in [-0.2, 0) is 0 Å². The van der Waals surface area contributed by atoms with Gasteiger partial charge in [-0.2, -0.15) is 0 Å². The zero-order chi connectivity index (χ0) is 8.97. The average Bonchev–Trinajstić information content (AvgIpc) is 2.05. The van der Waals surface area contributed by atoms with Crippen molar-refractivity contribution in [2.75, 3.05) is 0 Å². The third-order valence-electron chi connectivity index (χ3n) is 1.38. The number of allylic oxidation sites excluding steroid dienone is 1. The number of aromatic nitrogens is 2. The van der Waals surface area contributed by atoms with Crippen LogP contribution in [0.15, 0.2) is 30.2 Å². The number of nitrogens with zero attached hydrogens (tertiary/aromatic N) is 2. The van der Waals surface area contributed by atoms with E-state index in [1.165, 1.54) is 0 Å². The van der Waals surface area contributed by atoms with Crippen LogP contribution in [0, 0.1) is 0 Å². The van der Waals surface area contributed by atoms with Crippen molar-refractivity contribution in [3.05, 3.63) is 35.9 Å². The van der Waals surface area contributed by atoms with E-state index >= 15 is 0 Å². The predicted molar refractivity (Wildman–Crippen MR) is 46.4 cm³/mol. The van der Waals surface area contributed by atoms with Crippen LogP contribution < -0.4 is 0 Å². The number of rotatable bonds is 2. The number of aliphatic hydroxyl groups excluding tert-OH is 1. The zero-order valence-corrected chi connectivity index (χ0v) is 7.23. The Bertz CT molecular complexity index is 265. The Kier molecular flexibility index (Phi) is 2.94. The van der Waals surface area contributed by atoms with Gasteiger partial charge in [0.1, 0.15) is 6.10 Å². The number of hydrogen-bond acceptors (Lipinski definition) is 3. The van der Waals surface area contributed by atoms with Crippen molar-refractivity contribution in [3.8, 4) is 0 Å². The molecule has 0 saturated heterocycles. The fourth-order valence-corrected chi connectivity index (χ4v) is 0.864. The fourth-order valence-electron chi connectivity index (χ4n) is 0.864. The van der Waals surface area contributed by atoms with Gasteiger partial charge in [0.25, 0.3) is 0 Å². The molecule has 0 saturated carbocycles. The maximum Gasteiger partial charge on any atom is 0.116 e. The smallest absolute Gasteiger partial charge is 0.116 e. The van der Waals surface area contributed by atoms with Crippen LogP contribution in [-0.4, -0.2) is 15.1 Å². The minimum atomic E-state index is -0.635. The largest absolute Gasteiger partial charge is 0.383 e. The summed E-state index contributed by atoms with van der Waals surface area (Å²) in [5, 5.41) is 9.51. The molecule has 0 bridgehead atoms. The van der Waals surface area contributed by atoms with Gasteiger partial charge < -0.3 is 5.11 Å². The first-order valence-electron chi connectivity index (χ1n) is 3.79. The summed E-state index contributed by atoms with van der Waals surface area (Å²) in [6.45, 7) is 3.86. The van der Waals surface area contributed by atoms with E-state index in [-0.39, 0.29) is 0 Å². The highest BCUT2D eigenvalue weighted by molar-refractivity contribution is 5.10. The number of hydrogen-bond donors (Lipinski definition) is 1. The second-order valence-corrected chi connectivity index (χ2v) is 2.82. The molecule has 0 aliphatic carbocycles. The molecule has 1 atom stereocenters. The average molecular weight is 164 g/mol. The molecular formula is C9H12N2O. The second-order valence-electron chi connectivity index (χ2n) is 2.82. The van der Waals surface area contributed by atoms with E-state index in [4.69, 9.17) is 0 Å². The van der Waals surface area contributed by atoms with E-state index in [0.717, 1.165) is 5.57 Å². The molecule has 0 amide bonds. The second kappa shape index (κ2) is 3.97. The van der Waals surface area contributed by atoms with Crippen molar-refractivity contribution in [1.82, 2.24) is 9.97 Å². The van der Waals surface area contributed by atoms with Crippen LogP contribution in [0.1, 0.15) is 25.6 Å². The van der Waals surface area contributed by atoms with E-state index in [1.54, 1.807) is 24.7 Å². The molecule has 1 heterocycles. The molecule has 0 fully saturated rings. The molecule has 0 aromatic carbocycles. The summed E-state index contributed by atoms with van der Waals surface area (Å²) in [7, 11) is 0. The van der Waals surface area contributed by atoms with Gasteiger partial charge in [-0.1, -0.05) is 11.6 Å². The summed E-state index contributed by atoms with van der Waals surface area (Å²) in [5.41, 5.74) is 1.65. The van der Waals surface area contributed by atoms with Gasteiger partial charge in [0.2, 0.25) is 0 Å². The van der Waals surface area contributed by atoms with Gasteiger partial charge in [0, 0.05) is 12.4 Å². The van der Waals surface area contributed by atoms with Gasteiger partial charge in [-0.05, 0) is 13.8 Å². The van der Waals surface area contributed by atoms with E-state index < -0.39 is 6.10 Å². The molecule has 0 radical (unpaired) electrons. The maximum absolute atomic E-state index is 9.51. The van der Waals surface area contributed by atoms with Gasteiger partial charge in [0.15, 0.2) is 0 Å². The molecule has 1 rings (SSSR count). The Labute approximate surface area is 71.8 Å². The summed E-state index contributed by atoms with van der Waals surface area (Å²) in [6.07, 6.45) is 5.81. The third kappa shape index (κ3) is 2.43. The molecule has 1 N–H and O–H groups in total. The van der Waals surface area contributed by atoms with E-state index in [0.29, 0.717) is 5.69 Å². The normalized spacial score (nSPS) is 12.2. The molecule has 12 heavy (non-hydrogen) atoms. The summed E-state index contributed by atoms with van der Waals surface area (Å²) in [4.78, 5) is 7.84. The standard InChI is InChI=1S/C9H12N2O/c1-7(2)5-9(12)8-6-10-3-4-11-8/h3-6,9,12H,1-2H3. The highest BCUT2D eigenvalue weighted by Gasteiger charge is 2.03. The molecule has 0 aliphatic rings. The number of aliphatic hydroxyl groups is 1. The zero-order valence-electron chi connectivity index (χ0n) is 7.23. The lowest BCUT2D eigenvalue weighted by Crippen LogP contribution is -1.97.